The molecule has 2 N–H and O–H groups in total. The third kappa shape index (κ3) is 5.70. The topological polar surface area (TPSA) is 73.9 Å². The van der Waals surface area contributed by atoms with Crippen molar-refractivity contribution in [3.05, 3.63) is 24.3 Å². The summed E-state index contributed by atoms with van der Waals surface area (Å²) in [5.41, 5.74) is 2.67. The minimum Gasteiger partial charge on any atom is -0.406 e. The molecule has 0 spiro atoms. The number of carbonyl (C=O) groups excluding carboxylic acids is 2. The van der Waals surface area contributed by atoms with Crippen LogP contribution in [0.25, 0.3) is 0 Å². The SMILES string of the molecule is CN1CCN(NC(=O)C(=O)Nc2ccc(OC(F)(F)F)cc2)CC1. The number of hydrogen-bond acceptors (Lipinski definition) is 5. The lowest BCUT2D eigenvalue weighted by Gasteiger charge is -2.32. The Morgan fingerprint density at radius 2 is 1.62 bits per heavy atom. The maximum atomic E-state index is 12.1. The smallest absolute Gasteiger partial charge is 0.406 e. The standard InChI is InChI=1S/C14H17F3N4O3/c1-20-6-8-21(9-7-20)19-13(23)12(22)18-10-2-4-11(5-3-10)24-14(15,16)17/h2-5H,6-9H2,1H3,(H,18,22)(H,19,23). The molecule has 1 heterocycles. The minimum absolute atomic E-state index is 0.183. The van der Waals surface area contributed by atoms with E-state index in [4.69, 9.17) is 0 Å². The average Bonchev–Trinajstić information content (AvgIpc) is 2.50. The quantitative estimate of drug-likeness (QED) is 0.792. The van der Waals surface area contributed by atoms with Gasteiger partial charge in [-0.15, -0.1) is 13.2 Å². The number of amides is 2. The van der Waals surface area contributed by atoms with E-state index >= 15 is 0 Å². The molecule has 1 aromatic carbocycles. The Morgan fingerprint density at radius 3 is 2.17 bits per heavy atom. The lowest BCUT2D eigenvalue weighted by molar-refractivity contribution is -0.274. The number of anilines is 1. The highest BCUT2D eigenvalue weighted by Gasteiger charge is 2.31. The summed E-state index contributed by atoms with van der Waals surface area (Å²) < 4.78 is 39.9. The third-order valence-electron chi connectivity index (χ3n) is 3.31. The van der Waals surface area contributed by atoms with Gasteiger partial charge in [-0.3, -0.25) is 15.0 Å². The molecule has 0 aliphatic carbocycles. The van der Waals surface area contributed by atoms with Crippen molar-refractivity contribution in [2.24, 2.45) is 0 Å². The maximum absolute atomic E-state index is 12.1. The average molecular weight is 346 g/mol. The van der Waals surface area contributed by atoms with Crippen LogP contribution in [0.4, 0.5) is 18.9 Å². The van der Waals surface area contributed by atoms with E-state index in [1.807, 2.05) is 7.05 Å². The van der Waals surface area contributed by atoms with Crippen molar-refractivity contribution < 1.29 is 27.5 Å². The number of ether oxygens (including phenoxy) is 1. The summed E-state index contributed by atoms with van der Waals surface area (Å²) in [5.74, 6) is -2.16. The Balaban J connectivity index is 1.84. The summed E-state index contributed by atoms with van der Waals surface area (Å²) in [5, 5.41) is 3.95. The van der Waals surface area contributed by atoms with Gasteiger partial charge in [-0.1, -0.05) is 0 Å². The molecular weight excluding hydrogens is 329 g/mol. The first-order valence-corrected chi connectivity index (χ1v) is 7.14. The zero-order valence-electron chi connectivity index (χ0n) is 12.9. The summed E-state index contributed by atoms with van der Waals surface area (Å²) in [4.78, 5) is 25.7. The number of hydrogen-bond donors (Lipinski definition) is 2. The van der Waals surface area contributed by atoms with Crippen LogP contribution in [0.1, 0.15) is 0 Å². The molecule has 1 aromatic rings. The first kappa shape index (κ1) is 18.0. The normalized spacial score (nSPS) is 16.5. The van der Waals surface area contributed by atoms with Crippen LogP contribution < -0.4 is 15.5 Å². The van der Waals surface area contributed by atoms with Crippen molar-refractivity contribution >= 4 is 17.5 Å². The molecule has 132 valence electrons. The van der Waals surface area contributed by atoms with Crippen LogP contribution in [0.5, 0.6) is 5.75 Å². The zero-order valence-corrected chi connectivity index (χ0v) is 12.9. The zero-order chi connectivity index (χ0) is 17.7. The highest BCUT2D eigenvalue weighted by atomic mass is 19.4. The van der Waals surface area contributed by atoms with E-state index in [2.05, 4.69) is 20.4 Å². The first-order chi connectivity index (χ1) is 11.2. The van der Waals surface area contributed by atoms with Gasteiger partial charge in [-0.05, 0) is 31.3 Å². The highest BCUT2D eigenvalue weighted by molar-refractivity contribution is 6.39. The van der Waals surface area contributed by atoms with Crippen LogP contribution in [0.2, 0.25) is 0 Å². The summed E-state index contributed by atoms with van der Waals surface area (Å²) in [7, 11) is 1.96. The van der Waals surface area contributed by atoms with Crippen LogP contribution in [0, 0.1) is 0 Å². The van der Waals surface area contributed by atoms with Crippen molar-refractivity contribution in [2.45, 2.75) is 6.36 Å². The van der Waals surface area contributed by atoms with Crippen LogP contribution in [-0.4, -0.2) is 61.3 Å². The fourth-order valence-corrected chi connectivity index (χ4v) is 2.04. The lowest BCUT2D eigenvalue weighted by Crippen LogP contribution is -2.54. The van der Waals surface area contributed by atoms with Crippen molar-refractivity contribution in [1.82, 2.24) is 15.3 Å². The van der Waals surface area contributed by atoms with Gasteiger partial charge in [0.15, 0.2) is 0 Å². The number of alkyl halides is 3. The molecule has 7 nitrogen and oxygen atoms in total. The van der Waals surface area contributed by atoms with Crippen LogP contribution >= 0.6 is 0 Å². The minimum atomic E-state index is -4.78. The number of benzene rings is 1. The molecule has 1 aliphatic heterocycles. The number of likely N-dealkylation sites (N-methyl/N-ethyl adjacent to an activating group) is 1. The van der Waals surface area contributed by atoms with E-state index in [0.717, 1.165) is 25.2 Å². The van der Waals surface area contributed by atoms with E-state index in [1.54, 1.807) is 5.01 Å². The van der Waals surface area contributed by atoms with Gasteiger partial charge in [0.25, 0.3) is 0 Å². The van der Waals surface area contributed by atoms with Crippen LogP contribution in [0.15, 0.2) is 24.3 Å². The molecule has 0 atom stereocenters. The molecule has 24 heavy (non-hydrogen) atoms. The number of nitrogens with zero attached hydrogens (tertiary/aromatic N) is 2. The Bertz CT molecular complexity index is 584. The molecule has 2 rings (SSSR count). The second-order valence-corrected chi connectivity index (χ2v) is 5.26. The number of carbonyl (C=O) groups is 2. The van der Waals surface area contributed by atoms with Crippen molar-refractivity contribution in [3.63, 3.8) is 0 Å². The summed E-state index contributed by atoms with van der Waals surface area (Å²) >= 11 is 0. The molecule has 1 saturated heterocycles. The molecule has 0 radical (unpaired) electrons. The largest absolute Gasteiger partial charge is 0.573 e. The monoisotopic (exact) mass is 346 g/mol. The van der Waals surface area contributed by atoms with Gasteiger partial charge in [0.1, 0.15) is 5.75 Å². The van der Waals surface area contributed by atoms with Gasteiger partial charge in [-0.2, -0.15) is 0 Å². The number of rotatable bonds is 3. The fraction of sp³-hybridized carbons (Fsp3) is 0.429. The van der Waals surface area contributed by atoms with Crippen LogP contribution in [0.3, 0.4) is 0 Å². The second-order valence-electron chi connectivity index (χ2n) is 5.26. The molecule has 0 bridgehead atoms. The number of nitrogens with one attached hydrogen (secondary N) is 2. The summed E-state index contributed by atoms with van der Waals surface area (Å²) in [6, 6.07) is 4.51. The van der Waals surface area contributed by atoms with E-state index in [9.17, 15) is 22.8 Å². The summed E-state index contributed by atoms with van der Waals surface area (Å²) in [6.07, 6.45) is -4.78. The van der Waals surface area contributed by atoms with Crippen molar-refractivity contribution in [1.29, 1.82) is 0 Å². The van der Waals surface area contributed by atoms with Gasteiger partial charge in [0.05, 0.1) is 0 Å². The first-order valence-electron chi connectivity index (χ1n) is 7.14. The molecular formula is C14H17F3N4O3. The predicted molar refractivity (Wildman–Crippen MR) is 79.0 cm³/mol. The summed E-state index contributed by atoms with van der Waals surface area (Å²) in [6.45, 7) is 2.73. The highest BCUT2D eigenvalue weighted by Crippen LogP contribution is 2.23. The van der Waals surface area contributed by atoms with E-state index in [-0.39, 0.29) is 5.69 Å². The Kier molecular flexibility index (Phi) is 5.62. The van der Waals surface area contributed by atoms with Gasteiger partial charge in [0, 0.05) is 31.9 Å². The number of piperazine rings is 1. The molecule has 1 aliphatic rings. The maximum Gasteiger partial charge on any atom is 0.573 e. The lowest BCUT2D eigenvalue weighted by atomic mass is 10.3. The van der Waals surface area contributed by atoms with Gasteiger partial charge in [0.2, 0.25) is 0 Å². The molecule has 2 amide bonds. The molecule has 0 saturated carbocycles. The molecule has 1 fully saturated rings. The van der Waals surface area contributed by atoms with E-state index in [1.165, 1.54) is 12.1 Å². The van der Waals surface area contributed by atoms with Gasteiger partial charge < -0.3 is 15.0 Å². The van der Waals surface area contributed by atoms with Gasteiger partial charge in [-0.25, -0.2) is 5.01 Å². The Hall–Kier alpha value is -2.33. The van der Waals surface area contributed by atoms with Crippen molar-refractivity contribution in [3.8, 4) is 5.75 Å². The van der Waals surface area contributed by atoms with E-state index < -0.39 is 23.9 Å². The molecule has 10 heteroatoms. The Labute approximate surface area is 136 Å². The molecule has 0 unspecified atom stereocenters. The predicted octanol–water partition coefficient (Wildman–Crippen LogP) is 0.802. The molecule has 0 aromatic heterocycles. The fourth-order valence-electron chi connectivity index (χ4n) is 2.04. The second kappa shape index (κ2) is 7.49. The number of halogens is 3. The number of hydrazine groups is 1. The third-order valence-corrected chi connectivity index (χ3v) is 3.31. The van der Waals surface area contributed by atoms with Gasteiger partial charge >= 0.3 is 18.2 Å². The van der Waals surface area contributed by atoms with E-state index in [0.29, 0.717) is 13.1 Å². The van der Waals surface area contributed by atoms with Crippen molar-refractivity contribution in [2.75, 3.05) is 38.5 Å². The Morgan fingerprint density at radius 1 is 1.04 bits per heavy atom. The van der Waals surface area contributed by atoms with Crippen LogP contribution in [-0.2, 0) is 9.59 Å².